The molecule has 0 bridgehead atoms. The van der Waals surface area contributed by atoms with Crippen LogP contribution in [0.5, 0.6) is 11.5 Å². The molecule has 1 aliphatic rings. The molecule has 6 heteroatoms. The summed E-state index contributed by atoms with van der Waals surface area (Å²) in [6.45, 7) is 4.83. The highest BCUT2D eigenvalue weighted by molar-refractivity contribution is 5.92. The predicted molar refractivity (Wildman–Crippen MR) is 113 cm³/mol. The normalized spacial score (nSPS) is 19.0. The molecule has 160 valence electrons. The van der Waals surface area contributed by atoms with E-state index in [4.69, 9.17) is 14.2 Å². The topological polar surface area (TPSA) is 73.9 Å². The molecule has 29 heavy (non-hydrogen) atoms. The van der Waals surface area contributed by atoms with Gasteiger partial charge in [0.05, 0.1) is 20.3 Å². The molecular formula is C23H33NO5. The van der Waals surface area contributed by atoms with E-state index in [1.807, 2.05) is 18.2 Å². The van der Waals surface area contributed by atoms with Crippen LogP contribution in [0.25, 0.3) is 6.08 Å². The maximum atomic E-state index is 12.2. The summed E-state index contributed by atoms with van der Waals surface area (Å²) >= 11 is 0. The van der Waals surface area contributed by atoms with Gasteiger partial charge < -0.3 is 19.5 Å². The van der Waals surface area contributed by atoms with Crippen molar-refractivity contribution in [1.29, 1.82) is 0 Å². The van der Waals surface area contributed by atoms with Crippen molar-refractivity contribution >= 4 is 18.0 Å². The number of methoxy groups -OCH3 is 1. The summed E-state index contributed by atoms with van der Waals surface area (Å²) in [5.74, 6) is 1.67. The number of nitrogens with one attached hydrogen (secondary N) is 1. The van der Waals surface area contributed by atoms with E-state index < -0.39 is 0 Å². The van der Waals surface area contributed by atoms with Crippen LogP contribution in [0.3, 0.4) is 0 Å². The molecule has 1 aromatic carbocycles. The average molecular weight is 404 g/mol. The summed E-state index contributed by atoms with van der Waals surface area (Å²) in [4.78, 5) is 23.5. The van der Waals surface area contributed by atoms with Crippen LogP contribution < -0.4 is 14.8 Å². The van der Waals surface area contributed by atoms with E-state index in [9.17, 15) is 9.59 Å². The van der Waals surface area contributed by atoms with Gasteiger partial charge in [-0.05, 0) is 68.7 Å². The van der Waals surface area contributed by atoms with Crippen molar-refractivity contribution in [2.45, 2.75) is 58.4 Å². The van der Waals surface area contributed by atoms with Crippen LogP contribution in [-0.2, 0) is 14.3 Å². The number of amides is 1. The lowest BCUT2D eigenvalue weighted by atomic mass is 9.87. The number of carbonyl (C=O) groups excluding carboxylic acids is 2. The van der Waals surface area contributed by atoms with Crippen LogP contribution in [0, 0.1) is 5.92 Å². The Bertz CT molecular complexity index is 693. The maximum Gasteiger partial charge on any atom is 0.305 e. The van der Waals surface area contributed by atoms with Crippen LogP contribution >= 0.6 is 0 Å². The lowest BCUT2D eigenvalue weighted by Crippen LogP contribution is -2.36. The first-order valence-corrected chi connectivity index (χ1v) is 10.5. The summed E-state index contributed by atoms with van der Waals surface area (Å²) in [7, 11) is 1.57. The van der Waals surface area contributed by atoms with E-state index >= 15 is 0 Å². The minimum Gasteiger partial charge on any atom is -0.493 e. The quantitative estimate of drug-likeness (QED) is 0.361. The first-order valence-electron chi connectivity index (χ1n) is 10.5. The Morgan fingerprint density at radius 3 is 2.62 bits per heavy atom. The van der Waals surface area contributed by atoms with Crippen molar-refractivity contribution in [3.63, 3.8) is 0 Å². The molecule has 2 rings (SSSR count). The van der Waals surface area contributed by atoms with E-state index in [1.165, 1.54) is 12.8 Å². The van der Waals surface area contributed by atoms with Crippen LogP contribution in [0.4, 0.5) is 0 Å². The van der Waals surface area contributed by atoms with Gasteiger partial charge in [0, 0.05) is 18.5 Å². The smallest absolute Gasteiger partial charge is 0.305 e. The second-order valence-electron chi connectivity index (χ2n) is 7.47. The summed E-state index contributed by atoms with van der Waals surface area (Å²) in [6.07, 6.45) is 8.68. The zero-order chi connectivity index (χ0) is 21.1. The number of carbonyl (C=O) groups is 2. The molecule has 1 amide bonds. The Morgan fingerprint density at radius 1 is 1.17 bits per heavy atom. The minimum atomic E-state index is -0.218. The van der Waals surface area contributed by atoms with Crippen LogP contribution in [0.1, 0.15) is 57.9 Å². The summed E-state index contributed by atoms with van der Waals surface area (Å²) in [5, 5.41) is 3.08. The first kappa shape index (κ1) is 22.8. The van der Waals surface area contributed by atoms with Gasteiger partial charge in [0.2, 0.25) is 5.91 Å². The lowest BCUT2D eigenvalue weighted by molar-refractivity contribution is -0.143. The molecular weight excluding hydrogens is 370 g/mol. The molecule has 0 saturated heterocycles. The van der Waals surface area contributed by atoms with Crippen molar-refractivity contribution < 1.29 is 23.8 Å². The molecule has 0 spiro atoms. The van der Waals surface area contributed by atoms with Crippen LogP contribution in [0.2, 0.25) is 0 Å². The molecule has 0 aliphatic heterocycles. The third-order valence-corrected chi connectivity index (χ3v) is 5.07. The maximum absolute atomic E-state index is 12.2. The molecule has 1 N–H and O–H groups in total. The van der Waals surface area contributed by atoms with Gasteiger partial charge in [0.1, 0.15) is 0 Å². The van der Waals surface area contributed by atoms with Crippen molar-refractivity contribution in [1.82, 2.24) is 5.32 Å². The van der Waals surface area contributed by atoms with Crippen LogP contribution in [-0.4, -0.2) is 38.2 Å². The van der Waals surface area contributed by atoms with Crippen molar-refractivity contribution in [2.24, 2.45) is 5.92 Å². The Morgan fingerprint density at radius 2 is 1.93 bits per heavy atom. The molecule has 0 radical (unpaired) electrons. The Labute approximate surface area is 173 Å². The number of ether oxygens (including phenoxy) is 3. The number of rotatable bonds is 10. The van der Waals surface area contributed by atoms with E-state index in [2.05, 4.69) is 12.2 Å². The van der Waals surface area contributed by atoms with E-state index in [-0.39, 0.29) is 17.9 Å². The molecule has 1 aromatic rings. The molecule has 6 nitrogen and oxygen atoms in total. The second-order valence-corrected chi connectivity index (χ2v) is 7.47. The van der Waals surface area contributed by atoms with Gasteiger partial charge in [-0.2, -0.15) is 0 Å². The zero-order valence-electron chi connectivity index (χ0n) is 17.7. The third kappa shape index (κ3) is 8.18. The lowest BCUT2D eigenvalue weighted by Gasteiger charge is -2.26. The first-order chi connectivity index (χ1) is 14.0. The van der Waals surface area contributed by atoms with Gasteiger partial charge in [0.15, 0.2) is 11.5 Å². The van der Waals surface area contributed by atoms with Gasteiger partial charge in [-0.1, -0.05) is 13.0 Å². The van der Waals surface area contributed by atoms with E-state index in [1.54, 1.807) is 26.2 Å². The Balaban J connectivity index is 1.83. The fourth-order valence-electron chi connectivity index (χ4n) is 3.36. The predicted octanol–water partition coefficient (Wildman–Crippen LogP) is 4.13. The van der Waals surface area contributed by atoms with Crippen LogP contribution in [0.15, 0.2) is 24.3 Å². The average Bonchev–Trinajstić information content (AvgIpc) is 2.72. The van der Waals surface area contributed by atoms with Crippen molar-refractivity contribution in [3.8, 4) is 11.5 Å². The zero-order valence-corrected chi connectivity index (χ0v) is 17.7. The van der Waals surface area contributed by atoms with Crippen molar-refractivity contribution in [2.75, 3.05) is 20.3 Å². The fraction of sp³-hybridized carbons (Fsp3) is 0.565. The largest absolute Gasteiger partial charge is 0.493 e. The summed E-state index contributed by atoms with van der Waals surface area (Å²) < 4.78 is 16.0. The van der Waals surface area contributed by atoms with Gasteiger partial charge in [0.25, 0.3) is 0 Å². The van der Waals surface area contributed by atoms with Gasteiger partial charge >= 0.3 is 5.97 Å². The van der Waals surface area contributed by atoms with E-state index in [0.717, 1.165) is 24.3 Å². The minimum absolute atomic E-state index is 0.0668. The Kier molecular flexibility index (Phi) is 9.54. The second kappa shape index (κ2) is 12.1. The molecule has 1 fully saturated rings. The molecule has 0 aromatic heterocycles. The number of benzene rings is 1. The van der Waals surface area contributed by atoms with E-state index in [0.29, 0.717) is 37.6 Å². The van der Waals surface area contributed by atoms with Gasteiger partial charge in [-0.15, -0.1) is 0 Å². The molecule has 0 unspecified atom stereocenters. The van der Waals surface area contributed by atoms with Gasteiger partial charge in [-0.25, -0.2) is 0 Å². The highest BCUT2D eigenvalue weighted by atomic mass is 16.5. The number of hydrogen-bond donors (Lipinski definition) is 1. The number of hydrogen-bond acceptors (Lipinski definition) is 5. The Hall–Kier alpha value is -2.50. The SMILES string of the molecule is CCOC(=O)CCCOc1ccc(/C=C/C(=O)N[C@H]2CC[C@H](C)CC2)cc1OC. The summed E-state index contributed by atoms with van der Waals surface area (Å²) in [5.41, 5.74) is 0.855. The fourth-order valence-corrected chi connectivity index (χ4v) is 3.36. The third-order valence-electron chi connectivity index (χ3n) is 5.07. The summed E-state index contributed by atoms with van der Waals surface area (Å²) in [6, 6.07) is 5.79. The van der Waals surface area contributed by atoms with Gasteiger partial charge in [-0.3, -0.25) is 9.59 Å². The number of esters is 1. The highest BCUT2D eigenvalue weighted by Gasteiger charge is 2.18. The molecule has 1 saturated carbocycles. The molecule has 0 atom stereocenters. The standard InChI is InChI=1S/C23H33NO5/c1-4-28-23(26)6-5-15-29-20-13-9-18(16-21(20)27-3)10-14-22(25)24-19-11-7-17(2)8-12-19/h9-10,13-14,16-17,19H,4-8,11-12,15H2,1-3H3,(H,24,25)/b14-10+/t17-,19-. The monoisotopic (exact) mass is 403 g/mol. The highest BCUT2D eigenvalue weighted by Crippen LogP contribution is 2.29. The van der Waals surface area contributed by atoms with Crippen molar-refractivity contribution in [3.05, 3.63) is 29.8 Å². The molecule has 1 aliphatic carbocycles. The molecule has 0 heterocycles.